The van der Waals surface area contributed by atoms with Crippen LogP contribution < -0.4 is 0 Å². The van der Waals surface area contributed by atoms with E-state index < -0.39 is 0 Å². The summed E-state index contributed by atoms with van der Waals surface area (Å²) in [5, 5.41) is 0. The lowest BCUT2D eigenvalue weighted by atomic mass is 10.0. The average Bonchev–Trinajstić information content (AvgIpc) is 2.59. The topological polar surface area (TPSA) is 0 Å². The van der Waals surface area contributed by atoms with E-state index in [4.69, 9.17) is 0 Å². The minimum absolute atomic E-state index is 1.23. The summed E-state index contributed by atoms with van der Waals surface area (Å²) in [5.74, 6) is 0. The molecule has 1 aromatic carbocycles. The highest BCUT2D eigenvalue weighted by Crippen LogP contribution is 2.16. The van der Waals surface area contributed by atoms with Crippen molar-refractivity contribution in [2.45, 2.75) is 97.3 Å². The monoisotopic (exact) mass is 314 g/mol. The van der Waals surface area contributed by atoms with Gasteiger partial charge in [-0.2, -0.15) is 0 Å². The highest BCUT2D eigenvalue weighted by molar-refractivity contribution is 5.63. The van der Waals surface area contributed by atoms with Crippen LogP contribution in [0.3, 0.4) is 0 Å². The predicted molar refractivity (Wildman–Crippen MR) is 106 cm³/mol. The summed E-state index contributed by atoms with van der Waals surface area (Å²) in [4.78, 5) is 0. The molecule has 0 bridgehead atoms. The number of unbranched alkanes of at least 4 members (excludes halogenated alkanes) is 12. The van der Waals surface area contributed by atoms with Gasteiger partial charge in [0.05, 0.1) is 0 Å². The highest BCUT2D eigenvalue weighted by atomic mass is 14.0. The maximum atomic E-state index is 2.41. The second-order valence-corrected chi connectivity index (χ2v) is 6.93. The summed E-state index contributed by atoms with van der Waals surface area (Å²) in [5.41, 5.74) is 2.79. The fraction of sp³-hybridized carbons (Fsp3) is 0.652. The number of allylic oxidation sites excluding steroid dienone is 2. The molecule has 1 aromatic rings. The molecule has 0 heterocycles. The van der Waals surface area contributed by atoms with Crippen LogP contribution in [-0.4, -0.2) is 0 Å². The molecule has 0 amide bonds. The minimum Gasteiger partial charge on any atom is -0.0810 e. The third-order valence-electron chi connectivity index (χ3n) is 4.74. The molecular formula is C23H38. The fourth-order valence-corrected chi connectivity index (χ4v) is 3.12. The summed E-state index contributed by atoms with van der Waals surface area (Å²) < 4.78 is 0. The molecule has 0 spiro atoms. The minimum atomic E-state index is 1.23. The Balaban J connectivity index is 1.88. The first-order valence-electron chi connectivity index (χ1n) is 10.1. The van der Waals surface area contributed by atoms with E-state index in [2.05, 4.69) is 50.3 Å². The molecule has 0 unspecified atom stereocenters. The van der Waals surface area contributed by atoms with Crippen molar-refractivity contribution in [3.8, 4) is 0 Å². The van der Waals surface area contributed by atoms with Gasteiger partial charge in [0.2, 0.25) is 0 Å². The standard InChI is InChI=1S/C23H38/c1-3-4-5-6-7-8-9-10-11-12-13-14-16-19-22(2)23-20-17-15-18-21-23/h15,17-21H,3-14,16H2,1-2H3/b22-19-. The maximum absolute atomic E-state index is 2.41. The molecule has 130 valence electrons. The van der Waals surface area contributed by atoms with Crippen LogP contribution in [0, 0.1) is 0 Å². The molecular weight excluding hydrogens is 276 g/mol. The summed E-state index contributed by atoms with van der Waals surface area (Å²) in [7, 11) is 0. The molecule has 0 aromatic heterocycles. The van der Waals surface area contributed by atoms with Crippen molar-refractivity contribution in [2.24, 2.45) is 0 Å². The zero-order valence-corrected chi connectivity index (χ0v) is 15.7. The first-order valence-corrected chi connectivity index (χ1v) is 10.1. The van der Waals surface area contributed by atoms with Gasteiger partial charge in [-0.3, -0.25) is 0 Å². The fourth-order valence-electron chi connectivity index (χ4n) is 3.12. The molecule has 0 heteroatoms. The Morgan fingerprint density at radius 3 is 1.70 bits per heavy atom. The van der Waals surface area contributed by atoms with Crippen molar-refractivity contribution >= 4 is 5.57 Å². The SMILES string of the molecule is CCCCCCCCCCCCCC/C=C(/C)c1ccccc1. The van der Waals surface area contributed by atoms with E-state index in [0.29, 0.717) is 0 Å². The normalized spacial score (nSPS) is 11.8. The second-order valence-electron chi connectivity index (χ2n) is 6.93. The van der Waals surface area contributed by atoms with Crippen LogP contribution >= 0.6 is 0 Å². The van der Waals surface area contributed by atoms with E-state index in [9.17, 15) is 0 Å². The van der Waals surface area contributed by atoms with Gasteiger partial charge in [0.25, 0.3) is 0 Å². The molecule has 0 aliphatic carbocycles. The third kappa shape index (κ3) is 11.2. The molecule has 0 N–H and O–H groups in total. The largest absolute Gasteiger partial charge is 0.0810 e. The van der Waals surface area contributed by atoms with Gasteiger partial charge in [-0.15, -0.1) is 0 Å². The van der Waals surface area contributed by atoms with Crippen LogP contribution in [0.5, 0.6) is 0 Å². The van der Waals surface area contributed by atoms with Crippen LogP contribution in [0.4, 0.5) is 0 Å². The maximum Gasteiger partial charge on any atom is -0.0231 e. The molecule has 0 aliphatic rings. The summed E-state index contributed by atoms with van der Waals surface area (Å²) >= 11 is 0. The Kier molecular flexibility index (Phi) is 12.7. The van der Waals surface area contributed by atoms with Crippen LogP contribution in [0.15, 0.2) is 36.4 Å². The van der Waals surface area contributed by atoms with Crippen LogP contribution in [0.25, 0.3) is 5.57 Å². The molecule has 0 fully saturated rings. The number of rotatable bonds is 14. The molecule has 0 nitrogen and oxygen atoms in total. The lowest BCUT2D eigenvalue weighted by Gasteiger charge is -2.03. The first kappa shape index (κ1) is 20.0. The van der Waals surface area contributed by atoms with E-state index in [-0.39, 0.29) is 0 Å². The summed E-state index contributed by atoms with van der Waals surface area (Å²) in [6, 6.07) is 10.7. The predicted octanol–water partition coefficient (Wildman–Crippen LogP) is 8.18. The molecule has 0 saturated carbocycles. The summed E-state index contributed by atoms with van der Waals surface area (Å²) in [6.45, 7) is 4.52. The van der Waals surface area contributed by atoms with Gasteiger partial charge in [0.15, 0.2) is 0 Å². The van der Waals surface area contributed by atoms with Crippen molar-refractivity contribution < 1.29 is 0 Å². The van der Waals surface area contributed by atoms with Crippen molar-refractivity contribution in [3.05, 3.63) is 42.0 Å². The zero-order valence-electron chi connectivity index (χ0n) is 15.7. The van der Waals surface area contributed by atoms with Gasteiger partial charge in [0, 0.05) is 0 Å². The molecule has 1 rings (SSSR count). The number of hydrogen-bond donors (Lipinski definition) is 0. The van der Waals surface area contributed by atoms with Gasteiger partial charge >= 0.3 is 0 Å². The molecule has 0 atom stereocenters. The first-order chi connectivity index (χ1) is 11.3. The van der Waals surface area contributed by atoms with Crippen molar-refractivity contribution in [1.29, 1.82) is 0 Å². The Bertz CT molecular complexity index is 388. The van der Waals surface area contributed by atoms with Crippen molar-refractivity contribution in [3.63, 3.8) is 0 Å². The van der Waals surface area contributed by atoms with E-state index in [0.717, 1.165) is 0 Å². The lowest BCUT2D eigenvalue weighted by Crippen LogP contribution is -1.83. The summed E-state index contributed by atoms with van der Waals surface area (Å²) in [6.07, 6.45) is 20.8. The zero-order chi connectivity index (χ0) is 16.6. The quantitative estimate of drug-likeness (QED) is 0.304. The Morgan fingerprint density at radius 1 is 0.696 bits per heavy atom. The Hall–Kier alpha value is -1.04. The molecule has 0 radical (unpaired) electrons. The lowest BCUT2D eigenvalue weighted by molar-refractivity contribution is 0.545. The Morgan fingerprint density at radius 2 is 1.17 bits per heavy atom. The van der Waals surface area contributed by atoms with E-state index >= 15 is 0 Å². The molecule has 0 aliphatic heterocycles. The van der Waals surface area contributed by atoms with Crippen LogP contribution in [-0.2, 0) is 0 Å². The van der Waals surface area contributed by atoms with Gasteiger partial charge < -0.3 is 0 Å². The van der Waals surface area contributed by atoms with Gasteiger partial charge in [-0.25, -0.2) is 0 Å². The molecule has 23 heavy (non-hydrogen) atoms. The highest BCUT2D eigenvalue weighted by Gasteiger charge is 1.95. The van der Waals surface area contributed by atoms with Gasteiger partial charge in [0.1, 0.15) is 0 Å². The average molecular weight is 315 g/mol. The van der Waals surface area contributed by atoms with Gasteiger partial charge in [-0.05, 0) is 30.9 Å². The van der Waals surface area contributed by atoms with Gasteiger partial charge in [-0.1, -0.05) is 114 Å². The van der Waals surface area contributed by atoms with Crippen molar-refractivity contribution in [1.82, 2.24) is 0 Å². The number of hydrogen-bond acceptors (Lipinski definition) is 0. The van der Waals surface area contributed by atoms with E-state index in [1.54, 1.807) is 0 Å². The van der Waals surface area contributed by atoms with Crippen LogP contribution in [0.2, 0.25) is 0 Å². The second kappa shape index (κ2) is 14.5. The third-order valence-corrected chi connectivity index (χ3v) is 4.74. The Labute approximate surface area is 145 Å². The molecule has 0 saturated heterocycles. The smallest absolute Gasteiger partial charge is 0.0231 e. The van der Waals surface area contributed by atoms with E-state index in [1.807, 2.05) is 0 Å². The van der Waals surface area contributed by atoms with E-state index in [1.165, 1.54) is 94.6 Å². The number of benzene rings is 1. The van der Waals surface area contributed by atoms with Crippen molar-refractivity contribution in [2.75, 3.05) is 0 Å². The van der Waals surface area contributed by atoms with Crippen LogP contribution in [0.1, 0.15) is 103 Å².